The van der Waals surface area contributed by atoms with Gasteiger partial charge in [-0.1, -0.05) is 45.9 Å². The van der Waals surface area contributed by atoms with Crippen molar-refractivity contribution in [1.82, 2.24) is 0 Å². The van der Waals surface area contributed by atoms with Crippen LogP contribution in [0.5, 0.6) is 0 Å². The Bertz CT molecular complexity index is 1080. The average molecular weight is 659 g/mol. The van der Waals surface area contributed by atoms with Crippen molar-refractivity contribution in [3.8, 4) is 0 Å². The Balaban J connectivity index is 0.000000343. The zero-order valence-electron chi connectivity index (χ0n) is 28.8. The lowest BCUT2D eigenvalue weighted by molar-refractivity contribution is 0.0438. The molecule has 4 rings (SSSR count). The fraction of sp³-hybridized carbons (Fsp3) is 0.758. The van der Waals surface area contributed by atoms with Crippen LogP contribution in [0.2, 0.25) is 0 Å². The van der Waals surface area contributed by atoms with Crippen molar-refractivity contribution < 1.29 is 42.1 Å². The molecule has 0 bridgehead atoms. The van der Waals surface area contributed by atoms with Crippen molar-refractivity contribution in [3.05, 3.63) is 30.3 Å². The zero-order valence-corrected chi connectivity index (χ0v) is 29.6. The predicted molar refractivity (Wildman–Crippen MR) is 177 cm³/mol. The SMILES string of the molecule is CC(C)C[C@H]1COC(CC2=N[C@@H](CC(C)C)CO2)=N1.C[C@@H]1O[C@H]1C.C[C@H](O)[C@@H](C)O.C[C@H](O)[C@@H](C)OS(=O)(=O)c1ccccc1. The molecular formula is C33H58N2O9S. The van der Waals surface area contributed by atoms with Crippen molar-refractivity contribution in [2.24, 2.45) is 21.8 Å². The van der Waals surface area contributed by atoms with E-state index in [0.29, 0.717) is 42.5 Å². The summed E-state index contributed by atoms with van der Waals surface area (Å²) in [4.78, 5) is 9.32. The van der Waals surface area contributed by atoms with Gasteiger partial charge >= 0.3 is 0 Å². The number of hydrogen-bond donors (Lipinski definition) is 3. The third-order valence-corrected chi connectivity index (χ3v) is 8.44. The number of rotatable bonds is 11. The molecular weight excluding hydrogens is 600 g/mol. The van der Waals surface area contributed by atoms with Gasteiger partial charge < -0.3 is 29.5 Å². The van der Waals surface area contributed by atoms with Crippen LogP contribution in [0.4, 0.5) is 0 Å². The first-order valence-corrected chi connectivity index (χ1v) is 17.4. The summed E-state index contributed by atoms with van der Waals surface area (Å²) in [6.07, 6.45) is 1.14. The number of benzene rings is 1. The molecule has 1 aromatic rings. The van der Waals surface area contributed by atoms with E-state index < -0.39 is 34.5 Å². The average Bonchev–Trinajstić information content (AvgIpc) is 3.26. The standard InChI is InChI=1S/C15H26N2O2.C10H14O4S.C4H10O2.C4H8O/c1-10(2)5-12-8-18-14(16-12)7-15-17-13(9-19-15)6-11(3)4;1-8(11)9(2)14-15(12,13)10-6-4-3-5-7-10;1-3(5)4(2)6;1-3-4(2)5-3/h10-13H,5-9H2,1-4H3;3-9,11H,1-2H3;3-6H,1-2H3;3-4H,1-2H3/t12-,13-;8-,9+;3-,4+;3-,4-/m00.0/s1. The van der Waals surface area contributed by atoms with E-state index in [1.54, 1.807) is 32.0 Å². The van der Waals surface area contributed by atoms with Crippen LogP contribution >= 0.6 is 0 Å². The van der Waals surface area contributed by atoms with Crippen LogP contribution in [-0.4, -0.2) is 97.5 Å². The molecule has 3 N–H and O–H groups in total. The molecule has 45 heavy (non-hydrogen) atoms. The summed E-state index contributed by atoms with van der Waals surface area (Å²) in [5.74, 6) is 2.92. The third kappa shape index (κ3) is 18.0. The number of hydrogen-bond acceptors (Lipinski definition) is 11. The lowest BCUT2D eigenvalue weighted by atomic mass is 10.1. The first-order valence-electron chi connectivity index (χ1n) is 16.0. The molecule has 0 unspecified atom stereocenters. The largest absolute Gasteiger partial charge is 0.478 e. The van der Waals surface area contributed by atoms with Crippen LogP contribution in [0, 0.1) is 11.8 Å². The highest BCUT2D eigenvalue weighted by Gasteiger charge is 2.28. The summed E-state index contributed by atoms with van der Waals surface area (Å²) < 4.78 is 44.2. The summed E-state index contributed by atoms with van der Waals surface area (Å²) in [5, 5.41) is 25.9. The van der Waals surface area contributed by atoms with E-state index in [1.807, 2.05) is 0 Å². The molecule has 0 radical (unpaired) electrons. The highest BCUT2D eigenvalue weighted by atomic mass is 32.2. The second-order valence-electron chi connectivity index (χ2n) is 12.7. The van der Waals surface area contributed by atoms with Gasteiger partial charge in [-0.15, -0.1) is 0 Å². The molecule has 3 aliphatic heterocycles. The van der Waals surface area contributed by atoms with Gasteiger partial charge in [0, 0.05) is 0 Å². The minimum atomic E-state index is -3.76. The molecule has 0 amide bonds. The van der Waals surface area contributed by atoms with E-state index in [9.17, 15) is 8.42 Å². The van der Waals surface area contributed by atoms with E-state index in [1.165, 1.54) is 26.0 Å². The second-order valence-corrected chi connectivity index (χ2v) is 14.3. The van der Waals surface area contributed by atoms with Gasteiger partial charge in [-0.3, -0.25) is 4.18 Å². The quantitative estimate of drug-likeness (QED) is 0.225. The summed E-state index contributed by atoms with van der Waals surface area (Å²) in [6.45, 7) is 20.5. The predicted octanol–water partition coefficient (Wildman–Crippen LogP) is 4.77. The first kappa shape index (κ1) is 40.9. The number of aliphatic hydroxyl groups excluding tert-OH is 3. The number of nitrogens with zero attached hydrogens (tertiary/aromatic N) is 2. The summed E-state index contributed by atoms with van der Waals surface area (Å²) in [5.41, 5.74) is 0. The fourth-order valence-electron chi connectivity index (χ4n) is 3.81. The van der Waals surface area contributed by atoms with Gasteiger partial charge in [0.2, 0.25) is 0 Å². The molecule has 0 aliphatic carbocycles. The third-order valence-electron chi connectivity index (χ3n) is 7.03. The number of ether oxygens (including phenoxy) is 3. The van der Waals surface area contributed by atoms with E-state index in [4.69, 9.17) is 33.7 Å². The zero-order chi connectivity index (χ0) is 34.3. The highest BCUT2D eigenvalue weighted by Crippen LogP contribution is 2.20. The Kier molecular flexibility index (Phi) is 18.4. The molecule has 260 valence electrons. The lowest BCUT2D eigenvalue weighted by Crippen LogP contribution is -2.26. The van der Waals surface area contributed by atoms with Crippen LogP contribution in [0.3, 0.4) is 0 Å². The Morgan fingerprint density at radius 3 is 1.47 bits per heavy atom. The summed E-state index contributed by atoms with van der Waals surface area (Å²) >= 11 is 0. The Morgan fingerprint density at radius 1 is 0.756 bits per heavy atom. The highest BCUT2D eigenvalue weighted by molar-refractivity contribution is 7.86. The molecule has 1 fully saturated rings. The lowest BCUT2D eigenvalue weighted by Gasteiger charge is -2.15. The van der Waals surface area contributed by atoms with Crippen LogP contribution in [0.15, 0.2) is 45.2 Å². The maximum Gasteiger partial charge on any atom is 0.297 e. The molecule has 11 nitrogen and oxygen atoms in total. The Hall–Kier alpha value is -2.09. The minimum absolute atomic E-state index is 0.0949. The molecule has 3 heterocycles. The molecule has 1 aromatic carbocycles. The van der Waals surface area contributed by atoms with Crippen molar-refractivity contribution in [1.29, 1.82) is 0 Å². The molecule has 3 aliphatic rings. The number of epoxide rings is 1. The van der Waals surface area contributed by atoms with Gasteiger partial charge in [-0.05, 0) is 78.4 Å². The fourth-order valence-corrected chi connectivity index (χ4v) is 4.97. The molecule has 0 saturated carbocycles. The number of aliphatic imine (C=N–C) groups is 2. The molecule has 8 atom stereocenters. The maximum absolute atomic E-state index is 11.6. The van der Waals surface area contributed by atoms with Crippen molar-refractivity contribution in [3.63, 3.8) is 0 Å². The van der Waals surface area contributed by atoms with E-state index in [0.717, 1.165) is 37.9 Å². The Labute approximate surface area is 271 Å². The van der Waals surface area contributed by atoms with Crippen LogP contribution in [0.25, 0.3) is 0 Å². The smallest absolute Gasteiger partial charge is 0.297 e. The van der Waals surface area contributed by atoms with Gasteiger partial charge in [0.1, 0.15) is 19.3 Å². The van der Waals surface area contributed by atoms with E-state index in [-0.39, 0.29) is 4.90 Å². The first-order chi connectivity index (χ1) is 20.9. The van der Waals surface area contributed by atoms with Gasteiger partial charge in [-0.2, -0.15) is 8.42 Å². The molecule has 0 aromatic heterocycles. The Morgan fingerprint density at radius 2 is 1.16 bits per heavy atom. The van der Waals surface area contributed by atoms with E-state index >= 15 is 0 Å². The molecule has 0 spiro atoms. The van der Waals surface area contributed by atoms with Gasteiger partial charge in [0.15, 0.2) is 11.8 Å². The second kappa shape index (κ2) is 20.2. The van der Waals surface area contributed by atoms with Gasteiger partial charge in [0.05, 0.1) is 53.9 Å². The van der Waals surface area contributed by atoms with Crippen LogP contribution in [0.1, 0.15) is 88.5 Å². The molecule has 1 saturated heterocycles. The topological polar surface area (TPSA) is 160 Å². The van der Waals surface area contributed by atoms with E-state index in [2.05, 4.69) is 51.5 Å². The van der Waals surface area contributed by atoms with Crippen molar-refractivity contribution in [2.75, 3.05) is 13.2 Å². The van der Waals surface area contributed by atoms with Crippen molar-refractivity contribution >= 4 is 21.9 Å². The maximum atomic E-state index is 11.6. The molecule has 12 heteroatoms. The van der Waals surface area contributed by atoms with Gasteiger partial charge in [0.25, 0.3) is 10.1 Å². The van der Waals surface area contributed by atoms with Crippen LogP contribution in [-0.2, 0) is 28.5 Å². The van der Waals surface area contributed by atoms with Crippen molar-refractivity contribution in [2.45, 2.75) is 142 Å². The van der Waals surface area contributed by atoms with Gasteiger partial charge in [-0.25, -0.2) is 9.98 Å². The summed E-state index contributed by atoms with van der Waals surface area (Å²) in [6, 6.07) is 8.49. The minimum Gasteiger partial charge on any atom is -0.478 e. The summed E-state index contributed by atoms with van der Waals surface area (Å²) in [7, 11) is -3.76. The van der Waals surface area contributed by atoms with Crippen LogP contribution < -0.4 is 0 Å². The normalized spacial score (nSPS) is 24.6. The monoisotopic (exact) mass is 658 g/mol. The number of aliphatic hydroxyl groups is 3.